The van der Waals surface area contributed by atoms with Crippen molar-refractivity contribution in [2.45, 2.75) is 74.9 Å². The number of thioether (sulfide) groups is 1. The van der Waals surface area contributed by atoms with E-state index in [0.29, 0.717) is 18.0 Å². The van der Waals surface area contributed by atoms with Gasteiger partial charge < -0.3 is 4.57 Å². The maximum Gasteiger partial charge on any atom is 0.169 e. The van der Waals surface area contributed by atoms with Crippen molar-refractivity contribution < 1.29 is 0 Å². The van der Waals surface area contributed by atoms with Gasteiger partial charge in [-0.3, -0.25) is 0 Å². The van der Waals surface area contributed by atoms with Crippen LogP contribution in [-0.2, 0) is 0 Å². The van der Waals surface area contributed by atoms with Crippen molar-refractivity contribution in [3.05, 3.63) is 17.7 Å². The molecule has 1 atom stereocenters. The Morgan fingerprint density at radius 2 is 1.86 bits per heavy atom. The second kappa shape index (κ2) is 5.37. The minimum Gasteiger partial charge on any atom is -0.320 e. The molecule has 22 heavy (non-hydrogen) atoms. The smallest absolute Gasteiger partial charge is 0.169 e. The zero-order chi connectivity index (χ0) is 15.3. The quantitative estimate of drug-likeness (QED) is 0.763. The highest BCUT2D eigenvalue weighted by Crippen LogP contribution is 2.44. The van der Waals surface area contributed by atoms with Gasteiger partial charge >= 0.3 is 0 Å². The number of rotatable bonds is 6. The molecular formula is C15H22N6S. The molecule has 0 bridgehead atoms. The average Bonchev–Trinajstić information content (AvgIpc) is 3.42. The molecule has 0 unspecified atom stereocenters. The van der Waals surface area contributed by atoms with E-state index in [4.69, 9.17) is 0 Å². The summed E-state index contributed by atoms with van der Waals surface area (Å²) in [6.45, 7) is 6.65. The van der Waals surface area contributed by atoms with Crippen LogP contribution in [0.5, 0.6) is 0 Å². The summed E-state index contributed by atoms with van der Waals surface area (Å²) in [6.07, 6.45) is 6.99. The first kappa shape index (κ1) is 14.2. The van der Waals surface area contributed by atoms with Crippen LogP contribution < -0.4 is 0 Å². The molecule has 7 heteroatoms. The predicted octanol–water partition coefficient (Wildman–Crippen LogP) is 3.52. The lowest BCUT2D eigenvalue weighted by Crippen LogP contribution is -2.07. The molecule has 0 aliphatic heterocycles. The van der Waals surface area contributed by atoms with Crippen molar-refractivity contribution >= 4 is 11.8 Å². The van der Waals surface area contributed by atoms with Crippen molar-refractivity contribution in [1.29, 1.82) is 0 Å². The average molecular weight is 318 g/mol. The molecule has 0 spiro atoms. The molecule has 2 saturated carbocycles. The van der Waals surface area contributed by atoms with Crippen LogP contribution in [0.15, 0.2) is 11.4 Å². The van der Waals surface area contributed by atoms with Crippen LogP contribution in [0.4, 0.5) is 0 Å². The number of nitrogens with zero attached hydrogens (tertiary/aromatic N) is 6. The fraction of sp³-hybridized carbons (Fsp3) is 0.733. The van der Waals surface area contributed by atoms with Crippen LogP contribution in [-0.4, -0.2) is 29.8 Å². The van der Waals surface area contributed by atoms with Crippen LogP contribution >= 0.6 is 11.8 Å². The standard InChI is InChI=1S/C15H22N6S/c1-9(2)13-8-16-15(20(13)11-4-5-11)22-10(3)14-17-18-19-21(14)12-6-7-12/h8-12H,4-7H2,1-3H3/t10-/m0/s1. The number of imidazole rings is 1. The Balaban J connectivity index is 1.59. The summed E-state index contributed by atoms with van der Waals surface area (Å²) < 4.78 is 4.45. The Morgan fingerprint density at radius 3 is 2.50 bits per heavy atom. The normalized spacial score (nSPS) is 19.8. The zero-order valence-electron chi connectivity index (χ0n) is 13.3. The number of hydrogen-bond donors (Lipinski definition) is 0. The van der Waals surface area contributed by atoms with E-state index in [9.17, 15) is 0 Å². The summed E-state index contributed by atoms with van der Waals surface area (Å²) >= 11 is 1.78. The van der Waals surface area contributed by atoms with E-state index < -0.39 is 0 Å². The van der Waals surface area contributed by atoms with E-state index >= 15 is 0 Å². The summed E-state index contributed by atoms with van der Waals surface area (Å²) in [4.78, 5) is 4.69. The molecule has 2 aromatic heterocycles. The highest BCUT2D eigenvalue weighted by molar-refractivity contribution is 7.99. The second-order valence-electron chi connectivity index (χ2n) is 6.69. The van der Waals surface area contributed by atoms with Gasteiger partial charge in [0, 0.05) is 17.9 Å². The number of tetrazole rings is 1. The minimum absolute atomic E-state index is 0.218. The molecule has 118 valence electrons. The van der Waals surface area contributed by atoms with Crippen LogP contribution in [0.1, 0.15) is 81.2 Å². The molecule has 0 radical (unpaired) electrons. The lowest BCUT2D eigenvalue weighted by atomic mass is 10.1. The third-order valence-corrected chi connectivity index (χ3v) is 5.43. The SMILES string of the molecule is CC(C)c1cnc(S[C@@H](C)c2nnnn2C2CC2)n1C1CC1. The van der Waals surface area contributed by atoms with E-state index in [1.54, 1.807) is 11.8 Å². The summed E-state index contributed by atoms with van der Waals surface area (Å²) in [6, 6.07) is 1.16. The first-order valence-electron chi connectivity index (χ1n) is 8.16. The third kappa shape index (κ3) is 2.55. The first-order chi connectivity index (χ1) is 10.6. The van der Waals surface area contributed by atoms with E-state index in [1.165, 1.54) is 31.4 Å². The number of hydrogen-bond acceptors (Lipinski definition) is 5. The largest absolute Gasteiger partial charge is 0.320 e. The molecule has 2 aromatic rings. The molecule has 2 heterocycles. The Hall–Kier alpha value is -1.37. The van der Waals surface area contributed by atoms with E-state index in [-0.39, 0.29) is 5.25 Å². The summed E-state index contributed by atoms with van der Waals surface area (Å²) in [5, 5.41) is 13.6. The van der Waals surface area contributed by atoms with Gasteiger partial charge in [0.1, 0.15) is 0 Å². The van der Waals surface area contributed by atoms with E-state index in [0.717, 1.165) is 11.0 Å². The molecule has 0 amide bonds. The van der Waals surface area contributed by atoms with Gasteiger partial charge in [-0.25, -0.2) is 9.67 Å². The maximum atomic E-state index is 4.69. The Morgan fingerprint density at radius 1 is 1.14 bits per heavy atom. The fourth-order valence-corrected chi connectivity index (χ4v) is 3.89. The molecule has 0 aromatic carbocycles. The lowest BCUT2D eigenvalue weighted by Gasteiger charge is -2.15. The molecule has 2 fully saturated rings. The summed E-state index contributed by atoms with van der Waals surface area (Å²) in [7, 11) is 0. The molecule has 4 rings (SSSR count). The minimum atomic E-state index is 0.218. The van der Waals surface area contributed by atoms with Gasteiger partial charge in [0.25, 0.3) is 0 Å². The molecule has 0 saturated heterocycles. The summed E-state index contributed by atoms with van der Waals surface area (Å²) in [5.74, 6) is 1.48. The fourth-order valence-electron chi connectivity index (χ4n) is 2.83. The Kier molecular flexibility index (Phi) is 3.47. The van der Waals surface area contributed by atoms with Crippen molar-refractivity contribution in [1.82, 2.24) is 29.8 Å². The van der Waals surface area contributed by atoms with Crippen LogP contribution in [0.2, 0.25) is 0 Å². The van der Waals surface area contributed by atoms with E-state index in [1.807, 2.05) is 10.9 Å². The predicted molar refractivity (Wildman–Crippen MR) is 84.9 cm³/mol. The molecule has 6 nitrogen and oxygen atoms in total. The topological polar surface area (TPSA) is 61.4 Å². The van der Waals surface area contributed by atoms with Crippen molar-refractivity contribution in [3.63, 3.8) is 0 Å². The zero-order valence-corrected chi connectivity index (χ0v) is 14.1. The van der Waals surface area contributed by atoms with Gasteiger partial charge in [0.15, 0.2) is 11.0 Å². The maximum absolute atomic E-state index is 4.69. The van der Waals surface area contributed by atoms with Gasteiger partial charge in [-0.2, -0.15) is 0 Å². The molecule has 2 aliphatic carbocycles. The van der Waals surface area contributed by atoms with E-state index in [2.05, 4.69) is 45.8 Å². The number of aromatic nitrogens is 6. The van der Waals surface area contributed by atoms with Crippen LogP contribution in [0, 0.1) is 0 Å². The summed E-state index contributed by atoms with van der Waals surface area (Å²) in [5.41, 5.74) is 1.35. The van der Waals surface area contributed by atoms with Crippen molar-refractivity contribution in [3.8, 4) is 0 Å². The molecule has 0 N–H and O–H groups in total. The van der Waals surface area contributed by atoms with Crippen molar-refractivity contribution in [2.75, 3.05) is 0 Å². The first-order valence-corrected chi connectivity index (χ1v) is 9.04. The van der Waals surface area contributed by atoms with Crippen LogP contribution in [0.25, 0.3) is 0 Å². The highest BCUT2D eigenvalue weighted by atomic mass is 32.2. The van der Waals surface area contributed by atoms with Gasteiger partial charge in [0.2, 0.25) is 0 Å². The van der Waals surface area contributed by atoms with Gasteiger partial charge in [-0.15, -0.1) is 5.10 Å². The molecule has 2 aliphatic rings. The van der Waals surface area contributed by atoms with Gasteiger partial charge in [-0.1, -0.05) is 25.6 Å². The van der Waals surface area contributed by atoms with Gasteiger partial charge in [0.05, 0.1) is 11.3 Å². The van der Waals surface area contributed by atoms with Crippen LogP contribution in [0.3, 0.4) is 0 Å². The Labute approximate surface area is 134 Å². The molecular weight excluding hydrogens is 296 g/mol. The Bertz CT molecular complexity index is 667. The second-order valence-corrected chi connectivity index (χ2v) is 8.00. The van der Waals surface area contributed by atoms with Gasteiger partial charge in [-0.05, 0) is 49.0 Å². The third-order valence-electron chi connectivity index (χ3n) is 4.35. The monoisotopic (exact) mass is 318 g/mol. The van der Waals surface area contributed by atoms with Crippen molar-refractivity contribution in [2.24, 2.45) is 0 Å². The highest BCUT2D eigenvalue weighted by Gasteiger charge is 2.32. The lowest BCUT2D eigenvalue weighted by molar-refractivity contribution is 0.580.